The number of hydrogen-bond acceptors (Lipinski definition) is 7. The number of fused-ring (bicyclic) bond motifs is 6. The molecule has 0 unspecified atom stereocenters. The third kappa shape index (κ3) is 8.25. The van der Waals surface area contributed by atoms with Crippen LogP contribution < -0.4 is 0 Å². The molecule has 0 N–H and O–H groups in total. The van der Waals surface area contributed by atoms with E-state index in [4.69, 9.17) is 34.9 Å². The molecule has 0 fully saturated rings. The van der Waals surface area contributed by atoms with Gasteiger partial charge in [0.2, 0.25) is 0 Å². The van der Waals surface area contributed by atoms with E-state index in [9.17, 15) is 0 Å². The Kier molecular flexibility index (Phi) is 11.3. The highest BCUT2D eigenvalue weighted by molar-refractivity contribution is 6.12. The van der Waals surface area contributed by atoms with E-state index in [0.29, 0.717) is 34.9 Å². The molecule has 0 saturated carbocycles. The maximum Gasteiger partial charge on any atom is 0.164 e. The first-order valence-corrected chi connectivity index (χ1v) is 26.6. The minimum atomic E-state index is 0.598. The number of para-hydroxylation sites is 2. The average Bonchev–Trinajstić information content (AvgIpc) is 4.27. The maximum atomic E-state index is 5.44. The number of aromatic nitrogens is 9. The second kappa shape index (κ2) is 19.5. The molecule has 0 aliphatic heterocycles. The monoisotopic (exact) mass is 1020 g/mol. The Morgan fingerprint density at radius 3 is 0.975 bits per heavy atom. The van der Waals surface area contributed by atoms with Crippen LogP contribution in [-0.4, -0.2) is 44.0 Å². The minimum Gasteiger partial charge on any atom is -0.307 e. The molecular formula is C71H45N9. The van der Waals surface area contributed by atoms with Crippen LogP contribution in [0.2, 0.25) is 0 Å². The lowest BCUT2D eigenvalue weighted by Gasteiger charge is -2.17. The van der Waals surface area contributed by atoms with Gasteiger partial charge in [-0.2, -0.15) is 0 Å². The topological polar surface area (TPSA) is 100 Å². The van der Waals surface area contributed by atoms with Crippen molar-refractivity contribution in [3.8, 4) is 102 Å². The van der Waals surface area contributed by atoms with Gasteiger partial charge in [-0.1, -0.05) is 212 Å². The molecule has 0 aliphatic carbocycles. The fourth-order valence-corrected chi connectivity index (χ4v) is 11.0. The maximum absolute atomic E-state index is 5.44. The molecule has 0 radical (unpaired) electrons. The highest BCUT2D eigenvalue weighted by Crippen LogP contribution is 2.41. The Bertz CT molecular complexity index is 4680. The molecule has 15 aromatic rings. The lowest BCUT2D eigenvalue weighted by Crippen LogP contribution is -2.03. The second-order valence-electron chi connectivity index (χ2n) is 19.7. The standard InChI is InChI=1S/C71H45N9/c1-6-20-46(21-7-1)47-34-36-48(37-35-47)57-44-65(80-61-33-19-17-31-56(61)59-43-54(39-41-63(59)80)71-77-68(51-26-12-4-13-27-51)74-69(78-71)52-28-14-5-15-29-52)72-45-64(57)79-60-32-18-16-30-55(60)58-42-53(38-40-62(58)79)70-75-66(49-22-8-2-9-23-49)73-67(76-70)50-24-10-3-11-25-50/h1-45H. The van der Waals surface area contributed by atoms with Crippen LogP contribution in [0.3, 0.4) is 0 Å². The second-order valence-corrected chi connectivity index (χ2v) is 19.7. The SMILES string of the molecule is c1ccc(-c2ccc(-c3cc(-n4c5ccccc5c5cc(-c6nc(-c7ccccc7)nc(-c7ccccc7)n6)ccc54)ncc3-n3c4ccccc4c4cc(-c5nc(-c6ccccc6)nc(-c6ccccc6)n5)ccc43)cc2)cc1. The summed E-state index contributed by atoms with van der Waals surface area (Å²) < 4.78 is 4.63. The first kappa shape index (κ1) is 46.3. The predicted octanol–water partition coefficient (Wildman–Crippen LogP) is 17.0. The average molecular weight is 1020 g/mol. The van der Waals surface area contributed by atoms with E-state index in [2.05, 4.69) is 155 Å². The number of benzene rings is 10. The smallest absolute Gasteiger partial charge is 0.164 e. The molecule has 0 spiro atoms. The van der Waals surface area contributed by atoms with Gasteiger partial charge in [0, 0.05) is 60.5 Å². The summed E-state index contributed by atoms with van der Waals surface area (Å²) in [7, 11) is 0. The zero-order valence-corrected chi connectivity index (χ0v) is 43.0. The summed E-state index contributed by atoms with van der Waals surface area (Å²) >= 11 is 0. The van der Waals surface area contributed by atoms with Crippen LogP contribution in [-0.2, 0) is 0 Å². The van der Waals surface area contributed by atoms with Gasteiger partial charge in [-0.3, -0.25) is 4.57 Å². The van der Waals surface area contributed by atoms with Gasteiger partial charge in [0.1, 0.15) is 5.82 Å². The normalized spacial score (nSPS) is 11.5. The van der Waals surface area contributed by atoms with Gasteiger partial charge in [0.15, 0.2) is 34.9 Å². The fourth-order valence-electron chi connectivity index (χ4n) is 11.0. The van der Waals surface area contributed by atoms with E-state index in [-0.39, 0.29) is 0 Å². The molecule has 9 nitrogen and oxygen atoms in total. The van der Waals surface area contributed by atoms with Crippen LogP contribution >= 0.6 is 0 Å². The van der Waals surface area contributed by atoms with Crippen molar-refractivity contribution in [2.24, 2.45) is 0 Å². The molecule has 5 aromatic heterocycles. The Balaban J connectivity index is 0.906. The number of hydrogen-bond donors (Lipinski definition) is 0. The number of rotatable bonds is 10. The molecule has 5 heterocycles. The van der Waals surface area contributed by atoms with E-state index >= 15 is 0 Å². The molecule has 15 rings (SSSR count). The summed E-state index contributed by atoms with van der Waals surface area (Å²) in [5, 5.41) is 4.32. The van der Waals surface area contributed by atoms with Crippen molar-refractivity contribution in [2.75, 3.05) is 0 Å². The molecule has 0 amide bonds. The molecule has 10 aromatic carbocycles. The Hall–Kier alpha value is -11.0. The summed E-state index contributed by atoms with van der Waals surface area (Å²) in [4.78, 5) is 35.8. The van der Waals surface area contributed by atoms with Crippen molar-refractivity contribution in [1.82, 2.24) is 44.0 Å². The predicted molar refractivity (Wildman–Crippen MR) is 323 cm³/mol. The zero-order valence-electron chi connectivity index (χ0n) is 43.0. The summed E-state index contributed by atoms with van der Waals surface area (Å²) in [5.41, 5.74) is 14.9. The van der Waals surface area contributed by atoms with Gasteiger partial charge in [0.25, 0.3) is 0 Å². The number of pyridine rings is 1. The van der Waals surface area contributed by atoms with Crippen LogP contribution in [0.4, 0.5) is 0 Å². The van der Waals surface area contributed by atoms with Gasteiger partial charge in [0.05, 0.1) is 34.0 Å². The van der Waals surface area contributed by atoms with Gasteiger partial charge < -0.3 is 4.57 Å². The third-order valence-corrected chi connectivity index (χ3v) is 14.9. The van der Waals surface area contributed by atoms with Crippen molar-refractivity contribution >= 4 is 43.6 Å². The Labute approximate surface area is 460 Å². The zero-order chi connectivity index (χ0) is 52.9. The third-order valence-electron chi connectivity index (χ3n) is 14.9. The van der Waals surface area contributed by atoms with E-state index in [0.717, 1.165) is 111 Å². The quantitative estimate of drug-likeness (QED) is 0.134. The Morgan fingerprint density at radius 2 is 0.537 bits per heavy atom. The summed E-state index contributed by atoms with van der Waals surface area (Å²) in [6.07, 6.45) is 2.04. The van der Waals surface area contributed by atoms with Crippen LogP contribution in [0.5, 0.6) is 0 Å². The summed E-state index contributed by atoms with van der Waals surface area (Å²) in [6, 6.07) is 92.2. The molecule has 0 atom stereocenters. The van der Waals surface area contributed by atoms with Crippen LogP contribution in [0.25, 0.3) is 146 Å². The molecule has 0 bridgehead atoms. The van der Waals surface area contributed by atoms with Crippen molar-refractivity contribution in [3.63, 3.8) is 0 Å². The lowest BCUT2D eigenvalue weighted by atomic mass is 9.99. The van der Waals surface area contributed by atoms with E-state index < -0.39 is 0 Å². The Morgan fingerprint density at radius 1 is 0.225 bits per heavy atom. The van der Waals surface area contributed by atoms with Crippen molar-refractivity contribution in [1.29, 1.82) is 0 Å². The van der Waals surface area contributed by atoms with Gasteiger partial charge in [-0.25, -0.2) is 34.9 Å². The first-order valence-electron chi connectivity index (χ1n) is 26.6. The highest BCUT2D eigenvalue weighted by atomic mass is 15.1. The molecule has 0 saturated heterocycles. The van der Waals surface area contributed by atoms with Gasteiger partial charge >= 0.3 is 0 Å². The van der Waals surface area contributed by atoms with Crippen LogP contribution in [0.15, 0.2) is 273 Å². The molecule has 9 heteroatoms. The van der Waals surface area contributed by atoms with Gasteiger partial charge in [-0.05, 0) is 71.3 Å². The summed E-state index contributed by atoms with van der Waals surface area (Å²) in [6.45, 7) is 0. The van der Waals surface area contributed by atoms with Crippen molar-refractivity contribution in [2.45, 2.75) is 0 Å². The molecule has 374 valence electrons. The molecule has 80 heavy (non-hydrogen) atoms. The van der Waals surface area contributed by atoms with E-state index in [1.165, 1.54) is 0 Å². The van der Waals surface area contributed by atoms with Crippen molar-refractivity contribution < 1.29 is 0 Å². The van der Waals surface area contributed by atoms with E-state index in [1.54, 1.807) is 0 Å². The number of nitrogens with zero attached hydrogens (tertiary/aromatic N) is 9. The van der Waals surface area contributed by atoms with Crippen LogP contribution in [0.1, 0.15) is 0 Å². The lowest BCUT2D eigenvalue weighted by molar-refractivity contribution is 1.05. The molecular weight excluding hydrogens is 979 g/mol. The largest absolute Gasteiger partial charge is 0.307 e. The van der Waals surface area contributed by atoms with Crippen molar-refractivity contribution in [3.05, 3.63) is 273 Å². The fraction of sp³-hybridized carbons (Fsp3) is 0. The molecule has 0 aliphatic rings. The van der Waals surface area contributed by atoms with Crippen LogP contribution in [0, 0.1) is 0 Å². The van der Waals surface area contributed by atoms with Gasteiger partial charge in [-0.15, -0.1) is 0 Å². The minimum absolute atomic E-state index is 0.598. The highest BCUT2D eigenvalue weighted by Gasteiger charge is 2.22. The van der Waals surface area contributed by atoms with E-state index in [1.807, 2.05) is 128 Å². The summed E-state index contributed by atoms with van der Waals surface area (Å²) in [5.74, 6) is 4.45. The first-order chi connectivity index (χ1) is 39.6.